The molecule has 0 aliphatic carbocycles. The van der Waals surface area contributed by atoms with Crippen LogP contribution in [0.3, 0.4) is 0 Å². The van der Waals surface area contributed by atoms with Gasteiger partial charge < -0.3 is 0 Å². The Hall–Kier alpha value is -1.61. The summed E-state index contributed by atoms with van der Waals surface area (Å²) in [5, 5.41) is 0.868. The number of nitrogens with zero attached hydrogens (tertiary/aromatic N) is 1. The number of rotatable bonds is 5. The highest BCUT2D eigenvalue weighted by Crippen LogP contribution is 2.25. The lowest BCUT2D eigenvalue weighted by atomic mass is 10.2. The van der Waals surface area contributed by atoms with Crippen LogP contribution < -0.4 is 4.72 Å². The van der Waals surface area contributed by atoms with Crippen LogP contribution in [0.1, 0.15) is 5.56 Å². The van der Waals surface area contributed by atoms with Crippen molar-refractivity contribution in [2.24, 2.45) is 4.99 Å². The molecular formula is C19H13Cl2IN2O2S. The first-order valence-corrected chi connectivity index (χ1v) is 11.0. The average molecular weight is 531 g/mol. The molecule has 0 bridgehead atoms. The average Bonchev–Trinajstić information content (AvgIpc) is 2.65. The van der Waals surface area contributed by atoms with E-state index in [0.717, 1.165) is 3.57 Å². The van der Waals surface area contributed by atoms with Crippen molar-refractivity contribution in [3.63, 3.8) is 0 Å². The molecule has 27 heavy (non-hydrogen) atoms. The van der Waals surface area contributed by atoms with Crippen molar-refractivity contribution in [2.45, 2.75) is 4.90 Å². The van der Waals surface area contributed by atoms with E-state index in [1.165, 1.54) is 12.1 Å². The van der Waals surface area contributed by atoms with E-state index < -0.39 is 10.0 Å². The fraction of sp³-hybridized carbons (Fsp3) is 0. The molecule has 0 aromatic heterocycles. The highest BCUT2D eigenvalue weighted by molar-refractivity contribution is 14.1. The molecule has 0 atom stereocenters. The summed E-state index contributed by atoms with van der Waals surface area (Å²) in [6, 6.07) is 18.6. The minimum atomic E-state index is -3.67. The molecule has 3 rings (SSSR count). The normalized spacial score (nSPS) is 11.7. The predicted molar refractivity (Wildman–Crippen MR) is 120 cm³/mol. The van der Waals surface area contributed by atoms with Gasteiger partial charge in [0, 0.05) is 21.0 Å². The van der Waals surface area contributed by atoms with Crippen LogP contribution in [0.4, 0.5) is 11.4 Å². The molecule has 0 aliphatic heterocycles. The fourth-order valence-electron chi connectivity index (χ4n) is 2.21. The number of nitrogens with one attached hydrogen (secondary N) is 1. The van der Waals surface area contributed by atoms with Gasteiger partial charge in [-0.25, -0.2) is 8.42 Å². The van der Waals surface area contributed by atoms with Crippen molar-refractivity contribution in [3.8, 4) is 0 Å². The number of anilines is 1. The summed E-state index contributed by atoms with van der Waals surface area (Å²) >= 11 is 14.3. The van der Waals surface area contributed by atoms with Gasteiger partial charge in [0.2, 0.25) is 0 Å². The molecule has 0 amide bonds. The van der Waals surface area contributed by atoms with Gasteiger partial charge >= 0.3 is 0 Å². The molecule has 0 radical (unpaired) electrons. The van der Waals surface area contributed by atoms with Crippen molar-refractivity contribution in [3.05, 3.63) is 85.9 Å². The molecule has 0 unspecified atom stereocenters. The number of aliphatic imine (C=N–C) groups is 1. The maximum absolute atomic E-state index is 12.5. The third kappa shape index (κ3) is 5.22. The summed E-state index contributed by atoms with van der Waals surface area (Å²) in [6.45, 7) is 0. The first-order valence-electron chi connectivity index (χ1n) is 7.72. The van der Waals surface area contributed by atoms with E-state index in [2.05, 4.69) is 32.3 Å². The second kappa shape index (κ2) is 8.60. The van der Waals surface area contributed by atoms with Crippen LogP contribution in [0.15, 0.2) is 76.6 Å². The summed E-state index contributed by atoms with van der Waals surface area (Å²) in [4.78, 5) is 4.46. The van der Waals surface area contributed by atoms with Gasteiger partial charge in [-0.3, -0.25) is 9.71 Å². The quantitative estimate of drug-likeness (QED) is 0.317. The molecule has 0 heterocycles. The van der Waals surface area contributed by atoms with Gasteiger partial charge in [-0.1, -0.05) is 35.3 Å². The first-order chi connectivity index (χ1) is 12.8. The summed E-state index contributed by atoms with van der Waals surface area (Å²) < 4.78 is 28.5. The Morgan fingerprint density at radius 1 is 0.926 bits per heavy atom. The molecule has 0 spiro atoms. The molecule has 0 saturated carbocycles. The van der Waals surface area contributed by atoms with Crippen molar-refractivity contribution in [1.29, 1.82) is 0 Å². The third-order valence-corrected chi connectivity index (χ3v) is 6.53. The Morgan fingerprint density at radius 3 is 2.26 bits per heavy atom. The standard InChI is InChI=1S/C19H13Cl2IN2O2S/c20-18-3-1-2-13(19(18)21)12-23-15-8-10-17(11-9-15)27(25,26)24-16-6-4-14(22)5-7-16/h1-12,24H. The van der Waals surface area contributed by atoms with Gasteiger partial charge in [-0.05, 0) is 77.2 Å². The molecule has 0 fully saturated rings. The molecule has 8 heteroatoms. The Bertz CT molecular complexity index is 1080. The Labute approximate surface area is 181 Å². The maximum Gasteiger partial charge on any atom is 0.261 e. The molecule has 4 nitrogen and oxygen atoms in total. The van der Waals surface area contributed by atoms with Crippen molar-refractivity contribution in [1.82, 2.24) is 0 Å². The molecule has 3 aromatic rings. The van der Waals surface area contributed by atoms with Gasteiger partial charge in [-0.2, -0.15) is 0 Å². The molecule has 3 aromatic carbocycles. The van der Waals surface area contributed by atoms with Crippen molar-refractivity contribution in [2.75, 3.05) is 4.72 Å². The van der Waals surface area contributed by atoms with Crippen LogP contribution in [0, 0.1) is 3.57 Å². The lowest BCUT2D eigenvalue weighted by molar-refractivity contribution is 0.601. The van der Waals surface area contributed by atoms with E-state index in [1.807, 2.05) is 12.1 Å². The van der Waals surface area contributed by atoms with E-state index in [9.17, 15) is 8.42 Å². The van der Waals surface area contributed by atoms with Crippen LogP contribution in [0.2, 0.25) is 10.0 Å². The zero-order valence-electron chi connectivity index (χ0n) is 13.7. The van der Waals surface area contributed by atoms with Crippen LogP contribution in [-0.4, -0.2) is 14.6 Å². The second-order valence-corrected chi connectivity index (χ2v) is 9.22. The van der Waals surface area contributed by atoms with Gasteiger partial charge in [-0.15, -0.1) is 0 Å². The van der Waals surface area contributed by atoms with Gasteiger partial charge in [0.25, 0.3) is 10.0 Å². The van der Waals surface area contributed by atoms with Gasteiger partial charge in [0.05, 0.1) is 20.6 Å². The molecule has 0 saturated heterocycles. The van der Waals surface area contributed by atoms with E-state index in [0.29, 0.717) is 27.0 Å². The highest BCUT2D eigenvalue weighted by Gasteiger charge is 2.13. The second-order valence-electron chi connectivity index (χ2n) is 5.51. The Kier molecular flexibility index (Phi) is 6.41. The third-order valence-electron chi connectivity index (χ3n) is 3.58. The molecule has 1 N–H and O–H groups in total. The smallest absolute Gasteiger partial charge is 0.261 e. The molecule has 0 aliphatic rings. The molecule has 138 valence electrons. The number of benzene rings is 3. The number of halogens is 3. The zero-order chi connectivity index (χ0) is 19.4. The Balaban J connectivity index is 1.77. The van der Waals surface area contributed by atoms with Crippen LogP contribution in [0.5, 0.6) is 0 Å². The van der Waals surface area contributed by atoms with E-state index >= 15 is 0 Å². The van der Waals surface area contributed by atoms with Crippen molar-refractivity contribution < 1.29 is 8.42 Å². The largest absolute Gasteiger partial charge is 0.280 e. The van der Waals surface area contributed by atoms with E-state index in [1.54, 1.807) is 48.7 Å². The summed E-state index contributed by atoms with van der Waals surface area (Å²) in [6.07, 6.45) is 1.58. The topological polar surface area (TPSA) is 58.5 Å². The summed E-state index contributed by atoms with van der Waals surface area (Å²) in [5.74, 6) is 0. The zero-order valence-corrected chi connectivity index (χ0v) is 18.2. The number of hydrogen-bond acceptors (Lipinski definition) is 3. The van der Waals surface area contributed by atoms with E-state index in [-0.39, 0.29) is 4.90 Å². The van der Waals surface area contributed by atoms with Gasteiger partial charge in [0.15, 0.2) is 0 Å². The predicted octanol–water partition coefficient (Wildman–Crippen LogP) is 6.15. The van der Waals surface area contributed by atoms with Crippen LogP contribution >= 0.6 is 45.8 Å². The van der Waals surface area contributed by atoms with Crippen LogP contribution in [-0.2, 0) is 10.0 Å². The summed E-state index contributed by atoms with van der Waals surface area (Å²) in [5.41, 5.74) is 1.79. The minimum absolute atomic E-state index is 0.154. The number of hydrogen-bond donors (Lipinski definition) is 1. The SMILES string of the molecule is O=S(=O)(Nc1ccc(I)cc1)c1ccc(N=Cc2cccc(Cl)c2Cl)cc1. The Morgan fingerprint density at radius 2 is 1.59 bits per heavy atom. The number of sulfonamides is 1. The maximum atomic E-state index is 12.5. The first kappa shape index (κ1) is 20.1. The lowest BCUT2D eigenvalue weighted by Crippen LogP contribution is -2.12. The van der Waals surface area contributed by atoms with Crippen LogP contribution in [0.25, 0.3) is 0 Å². The van der Waals surface area contributed by atoms with Gasteiger partial charge in [0.1, 0.15) is 0 Å². The lowest BCUT2D eigenvalue weighted by Gasteiger charge is -2.08. The summed E-state index contributed by atoms with van der Waals surface area (Å²) in [7, 11) is -3.67. The van der Waals surface area contributed by atoms with E-state index in [4.69, 9.17) is 23.2 Å². The highest BCUT2D eigenvalue weighted by atomic mass is 127. The monoisotopic (exact) mass is 530 g/mol. The fourth-order valence-corrected chi connectivity index (χ4v) is 3.98. The minimum Gasteiger partial charge on any atom is -0.280 e. The molecular weight excluding hydrogens is 518 g/mol. The van der Waals surface area contributed by atoms with Crippen molar-refractivity contribution >= 4 is 73.4 Å².